The van der Waals surface area contributed by atoms with Gasteiger partial charge >= 0.3 is 0 Å². The van der Waals surface area contributed by atoms with Gasteiger partial charge in [-0.3, -0.25) is 5.10 Å². The molecule has 1 N–H and O–H groups in total. The van der Waals surface area contributed by atoms with E-state index < -0.39 is 0 Å². The van der Waals surface area contributed by atoms with Gasteiger partial charge in [-0.25, -0.2) is 0 Å². The second-order valence-corrected chi connectivity index (χ2v) is 2.54. The summed E-state index contributed by atoms with van der Waals surface area (Å²) in [5, 5.41) is 12.5. The Bertz CT molecular complexity index is 249. The molecule has 4 nitrogen and oxygen atoms in total. The molecule has 0 unspecified atom stereocenters. The first kappa shape index (κ1) is 7.78. The van der Waals surface area contributed by atoms with Crippen LogP contribution in [0.15, 0.2) is 11.3 Å². The summed E-state index contributed by atoms with van der Waals surface area (Å²) in [7, 11) is 3.76. The minimum Gasteiger partial charge on any atom is -0.303 e. The fraction of sp³-hybridized carbons (Fsp3) is 0.429. The molecule has 0 fully saturated rings. The van der Waals surface area contributed by atoms with Gasteiger partial charge in [0.05, 0.1) is 12.4 Å². The lowest BCUT2D eigenvalue weighted by Crippen LogP contribution is -2.01. The summed E-state index contributed by atoms with van der Waals surface area (Å²) < 4.78 is 0. The SMILES string of the molecule is Cc1[nH]ncc1/C=N/N(C)C. The van der Waals surface area contributed by atoms with E-state index in [9.17, 15) is 0 Å². The van der Waals surface area contributed by atoms with E-state index in [1.807, 2.05) is 21.0 Å². The van der Waals surface area contributed by atoms with Gasteiger partial charge in [0.1, 0.15) is 0 Å². The third kappa shape index (κ3) is 2.07. The number of nitrogens with one attached hydrogen (secondary N) is 1. The maximum Gasteiger partial charge on any atom is 0.0578 e. The molecule has 0 amide bonds. The van der Waals surface area contributed by atoms with Crippen LogP contribution >= 0.6 is 0 Å². The van der Waals surface area contributed by atoms with Gasteiger partial charge in [-0.15, -0.1) is 0 Å². The summed E-state index contributed by atoms with van der Waals surface area (Å²) in [5.74, 6) is 0. The molecule has 0 aliphatic carbocycles. The van der Waals surface area contributed by atoms with Crippen molar-refractivity contribution in [3.8, 4) is 0 Å². The zero-order valence-electron chi connectivity index (χ0n) is 7.00. The number of nitrogens with zero attached hydrogens (tertiary/aromatic N) is 3. The van der Waals surface area contributed by atoms with Gasteiger partial charge in [0, 0.05) is 25.4 Å². The Morgan fingerprint density at radius 2 is 2.36 bits per heavy atom. The maximum atomic E-state index is 4.08. The molecule has 1 heterocycles. The number of aromatic nitrogens is 2. The van der Waals surface area contributed by atoms with Gasteiger partial charge in [-0.1, -0.05) is 0 Å². The first-order valence-electron chi connectivity index (χ1n) is 3.41. The van der Waals surface area contributed by atoms with Crippen LogP contribution in [0.25, 0.3) is 0 Å². The van der Waals surface area contributed by atoms with Crippen molar-refractivity contribution in [2.45, 2.75) is 6.92 Å². The van der Waals surface area contributed by atoms with E-state index in [4.69, 9.17) is 0 Å². The molecule has 0 atom stereocenters. The predicted molar refractivity (Wildman–Crippen MR) is 44.6 cm³/mol. The van der Waals surface area contributed by atoms with Crippen molar-refractivity contribution in [1.82, 2.24) is 15.2 Å². The first-order chi connectivity index (χ1) is 5.20. The van der Waals surface area contributed by atoms with Gasteiger partial charge in [0.25, 0.3) is 0 Å². The largest absolute Gasteiger partial charge is 0.303 e. The number of hydrazone groups is 1. The van der Waals surface area contributed by atoms with Crippen LogP contribution in [0.4, 0.5) is 0 Å². The number of aryl methyl sites for hydroxylation is 1. The Hall–Kier alpha value is -1.32. The highest BCUT2D eigenvalue weighted by atomic mass is 15.4. The number of hydrogen-bond donors (Lipinski definition) is 1. The van der Waals surface area contributed by atoms with Crippen LogP contribution in [0.3, 0.4) is 0 Å². The van der Waals surface area contributed by atoms with E-state index in [2.05, 4.69) is 15.3 Å². The van der Waals surface area contributed by atoms with Gasteiger partial charge in [-0.2, -0.15) is 10.2 Å². The van der Waals surface area contributed by atoms with Crippen LogP contribution < -0.4 is 0 Å². The lowest BCUT2D eigenvalue weighted by atomic mass is 10.3. The van der Waals surface area contributed by atoms with Crippen molar-refractivity contribution in [3.63, 3.8) is 0 Å². The highest BCUT2D eigenvalue weighted by Gasteiger charge is 1.94. The van der Waals surface area contributed by atoms with Crippen molar-refractivity contribution in [2.75, 3.05) is 14.1 Å². The average molecular weight is 152 g/mol. The Morgan fingerprint density at radius 3 is 2.82 bits per heavy atom. The predicted octanol–water partition coefficient (Wildman–Crippen LogP) is 0.614. The molecule has 60 valence electrons. The second kappa shape index (κ2) is 3.18. The molecular formula is C7H12N4. The zero-order chi connectivity index (χ0) is 8.27. The third-order valence-corrected chi connectivity index (χ3v) is 1.30. The van der Waals surface area contributed by atoms with E-state index in [0.29, 0.717) is 0 Å². The molecule has 0 spiro atoms. The zero-order valence-corrected chi connectivity index (χ0v) is 7.00. The van der Waals surface area contributed by atoms with Crippen molar-refractivity contribution < 1.29 is 0 Å². The normalized spacial score (nSPS) is 10.8. The Balaban J connectivity index is 2.71. The van der Waals surface area contributed by atoms with Crippen LogP contribution in [0.5, 0.6) is 0 Å². The minimum absolute atomic E-state index is 1.03. The van der Waals surface area contributed by atoms with E-state index in [-0.39, 0.29) is 0 Å². The van der Waals surface area contributed by atoms with Crippen LogP contribution in [-0.2, 0) is 0 Å². The molecule has 0 saturated heterocycles. The van der Waals surface area contributed by atoms with Gasteiger partial charge in [-0.05, 0) is 6.92 Å². The summed E-state index contributed by atoms with van der Waals surface area (Å²) in [6, 6.07) is 0. The van der Waals surface area contributed by atoms with E-state index in [1.165, 1.54) is 0 Å². The molecule has 1 rings (SSSR count). The average Bonchev–Trinajstić information content (AvgIpc) is 2.31. The standard InChI is InChI=1S/C7H12N4/c1-6-7(4-8-10-6)5-9-11(2)3/h4-5H,1-3H3,(H,8,10)/b9-5+. The molecule has 0 aromatic carbocycles. The summed E-state index contributed by atoms with van der Waals surface area (Å²) in [4.78, 5) is 0. The molecular weight excluding hydrogens is 140 g/mol. The fourth-order valence-electron chi connectivity index (χ4n) is 0.668. The molecule has 11 heavy (non-hydrogen) atoms. The Kier molecular flexibility index (Phi) is 2.25. The smallest absolute Gasteiger partial charge is 0.0578 e. The van der Waals surface area contributed by atoms with Crippen molar-refractivity contribution in [3.05, 3.63) is 17.5 Å². The van der Waals surface area contributed by atoms with Gasteiger partial charge in [0.15, 0.2) is 0 Å². The van der Waals surface area contributed by atoms with Gasteiger partial charge < -0.3 is 5.01 Å². The number of hydrogen-bond acceptors (Lipinski definition) is 3. The molecule has 0 radical (unpaired) electrons. The van der Waals surface area contributed by atoms with Gasteiger partial charge in [0.2, 0.25) is 0 Å². The first-order valence-corrected chi connectivity index (χ1v) is 3.41. The Labute approximate surface area is 65.9 Å². The van der Waals surface area contributed by atoms with Crippen molar-refractivity contribution in [2.24, 2.45) is 5.10 Å². The van der Waals surface area contributed by atoms with Crippen LogP contribution in [0.1, 0.15) is 11.3 Å². The lowest BCUT2D eigenvalue weighted by molar-refractivity contribution is 0.440. The number of aromatic amines is 1. The lowest BCUT2D eigenvalue weighted by Gasteiger charge is -2.00. The molecule has 0 aliphatic heterocycles. The molecule has 0 saturated carbocycles. The highest BCUT2D eigenvalue weighted by molar-refractivity contribution is 5.80. The summed E-state index contributed by atoms with van der Waals surface area (Å²) in [5.41, 5.74) is 2.06. The monoisotopic (exact) mass is 152 g/mol. The fourth-order valence-corrected chi connectivity index (χ4v) is 0.668. The van der Waals surface area contributed by atoms with Crippen LogP contribution in [0, 0.1) is 6.92 Å². The topological polar surface area (TPSA) is 44.3 Å². The second-order valence-electron chi connectivity index (χ2n) is 2.54. The summed E-state index contributed by atoms with van der Waals surface area (Å²) >= 11 is 0. The van der Waals surface area contributed by atoms with E-state index in [1.54, 1.807) is 17.4 Å². The Morgan fingerprint density at radius 1 is 1.64 bits per heavy atom. The maximum absolute atomic E-state index is 4.08. The molecule has 0 aliphatic rings. The van der Waals surface area contributed by atoms with Crippen LogP contribution in [-0.4, -0.2) is 35.5 Å². The number of rotatable bonds is 2. The third-order valence-electron chi connectivity index (χ3n) is 1.30. The molecule has 4 heteroatoms. The quantitative estimate of drug-likeness (QED) is 0.498. The summed E-state index contributed by atoms with van der Waals surface area (Å²) in [6.45, 7) is 1.96. The summed E-state index contributed by atoms with van der Waals surface area (Å²) in [6.07, 6.45) is 3.53. The van der Waals surface area contributed by atoms with Crippen LogP contribution in [0.2, 0.25) is 0 Å². The van der Waals surface area contributed by atoms with Crippen molar-refractivity contribution >= 4 is 6.21 Å². The highest BCUT2D eigenvalue weighted by Crippen LogP contribution is 1.97. The molecule has 0 bridgehead atoms. The van der Waals surface area contributed by atoms with Crippen molar-refractivity contribution in [1.29, 1.82) is 0 Å². The van der Waals surface area contributed by atoms with E-state index >= 15 is 0 Å². The minimum atomic E-state index is 1.03. The number of H-pyrrole nitrogens is 1. The molecule has 1 aromatic heterocycles. The molecule has 1 aromatic rings. The van der Waals surface area contributed by atoms with E-state index in [0.717, 1.165) is 11.3 Å².